The maximum absolute atomic E-state index is 6.24. The number of rotatable bonds is 8. The minimum absolute atomic E-state index is 0.922. The Hall–Kier alpha value is -1.54. The summed E-state index contributed by atoms with van der Waals surface area (Å²) in [4.78, 5) is 0. The van der Waals surface area contributed by atoms with Gasteiger partial charge < -0.3 is 4.43 Å². The summed E-state index contributed by atoms with van der Waals surface area (Å²) in [6.45, 7) is 14.8. The molecule has 1 aromatic carbocycles. The van der Waals surface area contributed by atoms with Gasteiger partial charge in [-0.25, -0.2) is 0 Å². The number of benzene rings is 1. The van der Waals surface area contributed by atoms with E-state index in [0.29, 0.717) is 0 Å². The van der Waals surface area contributed by atoms with Gasteiger partial charge in [0.05, 0.1) is 0 Å². The van der Waals surface area contributed by atoms with Gasteiger partial charge in [0.2, 0.25) is 8.32 Å². The van der Waals surface area contributed by atoms with E-state index in [4.69, 9.17) is 4.43 Å². The summed E-state index contributed by atoms with van der Waals surface area (Å²) in [7, 11) is -1.59. The molecule has 1 rings (SSSR count). The molecule has 0 aliphatic rings. The molecule has 0 N–H and O–H groups in total. The molecule has 0 aliphatic carbocycles. The number of hydrogen-bond acceptors (Lipinski definition) is 1. The molecule has 0 radical (unpaired) electrons. The lowest BCUT2D eigenvalue weighted by Gasteiger charge is -2.24. The zero-order chi connectivity index (χ0) is 16.6. The normalized spacial score (nSPS) is 13.6. The van der Waals surface area contributed by atoms with Crippen LogP contribution in [0.2, 0.25) is 19.6 Å². The van der Waals surface area contributed by atoms with Crippen LogP contribution in [0, 0.1) is 0 Å². The van der Waals surface area contributed by atoms with E-state index in [-0.39, 0.29) is 0 Å². The van der Waals surface area contributed by atoms with Crippen LogP contribution in [-0.2, 0) is 10.8 Å². The minimum atomic E-state index is -1.59. The molecule has 0 heterocycles. The molecule has 0 atom stereocenters. The van der Waals surface area contributed by atoms with Crippen LogP contribution in [0.15, 0.2) is 66.0 Å². The average molecular weight is 315 g/mol. The van der Waals surface area contributed by atoms with E-state index in [1.807, 2.05) is 6.08 Å². The Morgan fingerprint density at radius 1 is 1.18 bits per heavy atom. The molecular weight excluding hydrogens is 284 g/mol. The van der Waals surface area contributed by atoms with E-state index in [0.717, 1.165) is 25.0 Å². The van der Waals surface area contributed by atoms with Gasteiger partial charge in [0.15, 0.2) is 0 Å². The standard InChI is InChI=1S/C20H30OSi/c1-7-12-19(16-15-18-13-10-9-11-14-18)17(3)20(8-2)21-22(4,5)6/h7-11,13-14H,1,12,15-16H2,2-6H3/b19-17+,20-8+. The Labute approximate surface area is 137 Å². The molecule has 0 fully saturated rings. The van der Waals surface area contributed by atoms with Crippen molar-refractivity contribution in [3.05, 3.63) is 71.5 Å². The van der Waals surface area contributed by atoms with Crippen molar-refractivity contribution >= 4 is 8.32 Å². The van der Waals surface area contributed by atoms with Crippen LogP contribution < -0.4 is 0 Å². The molecule has 0 unspecified atom stereocenters. The summed E-state index contributed by atoms with van der Waals surface area (Å²) in [5.41, 5.74) is 4.08. The van der Waals surface area contributed by atoms with Crippen molar-refractivity contribution in [2.75, 3.05) is 0 Å². The Balaban J connectivity index is 2.92. The predicted molar refractivity (Wildman–Crippen MR) is 100 cm³/mol. The van der Waals surface area contributed by atoms with Gasteiger partial charge in [-0.2, -0.15) is 0 Å². The second-order valence-electron chi connectivity index (χ2n) is 6.57. The van der Waals surface area contributed by atoms with Gasteiger partial charge >= 0.3 is 0 Å². The maximum atomic E-state index is 6.24. The van der Waals surface area contributed by atoms with Gasteiger partial charge in [0.1, 0.15) is 5.76 Å². The maximum Gasteiger partial charge on any atom is 0.242 e. The van der Waals surface area contributed by atoms with Crippen LogP contribution in [0.1, 0.15) is 32.3 Å². The molecule has 22 heavy (non-hydrogen) atoms. The minimum Gasteiger partial charge on any atom is -0.544 e. The van der Waals surface area contributed by atoms with E-state index in [1.54, 1.807) is 0 Å². The van der Waals surface area contributed by atoms with E-state index in [2.05, 4.69) is 76.5 Å². The Bertz CT molecular complexity index is 533. The SMILES string of the molecule is C=CC/C(CCc1ccccc1)=C(C)\C(=C/C)O[Si](C)(C)C. The van der Waals surface area contributed by atoms with Crippen LogP contribution in [0.3, 0.4) is 0 Å². The van der Waals surface area contributed by atoms with Crippen molar-refractivity contribution in [2.24, 2.45) is 0 Å². The molecule has 0 saturated carbocycles. The summed E-state index contributed by atoms with van der Waals surface area (Å²) in [6.07, 6.45) is 7.12. The number of hydrogen-bond donors (Lipinski definition) is 0. The molecule has 0 aromatic heterocycles. The fourth-order valence-corrected chi connectivity index (χ4v) is 3.34. The first-order chi connectivity index (χ1) is 10.4. The van der Waals surface area contributed by atoms with Crippen LogP contribution >= 0.6 is 0 Å². The third kappa shape index (κ3) is 6.48. The first-order valence-corrected chi connectivity index (χ1v) is 11.5. The molecule has 1 nitrogen and oxygen atoms in total. The molecule has 0 saturated heterocycles. The predicted octanol–water partition coefficient (Wildman–Crippen LogP) is 6.27. The zero-order valence-corrected chi connectivity index (χ0v) is 15.8. The van der Waals surface area contributed by atoms with Gasteiger partial charge in [-0.05, 0) is 70.0 Å². The molecule has 0 spiro atoms. The average Bonchev–Trinajstić information content (AvgIpc) is 2.48. The number of allylic oxidation sites excluding steroid dienone is 4. The lowest BCUT2D eigenvalue weighted by atomic mass is 9.97. The third-order valence-corrected chi connectivity index (χ3v) is 4.36. The van der Waals surface area contributed by atoms with Gasteiger partial charge in [-0.3, -0.25) is 0 Å². The first-order valence-electron chi connectivity index (χ1n) is 8.06. The van der Waals surface area contributed by atoms with Crippen molar-refractivity contribution in [3.63, 3.8) is 0 Å². The topological polar surface area (TPSA) is 9.23 Å². The highest BCUT2D eigenvalue weighted by Gasteiger charge is 2.19. The van der Waals surface area contributed by atoms with Gasteiger partial charge in [-0.1, -0.05) is 42.0 Å². The lowest BCUT2D eigenvalue weighted by Crippen LogP contribution is -2.25. The van der Waals surface area contributed by atoms with Crippen molar-refractivity contribution < 1.29 is 4.43 Å². The summed E-state index contributed by atoms with van der Waals surface area (Å²) < 4.78 is 6.24. The van der Waals surface area contributed by atoms with Crippen LogP contribution in [-0.4, -0.2) is 8.32 Å². The highest BCUT2D eigenvalue weighted by Crippen LogP contribution is 2.25. The zero-order valence-electron chi connectivity index (χ0n) is 14.8. The molecule has 0 bridgehead atoms. The largest absolute Gasteiger partial charge is 0.544 e. The van der Waals surface area contributed by atoms with Crippen molar-refractivity contribution in [2.45, 2.75) is 52.8 Å². The van der Waals surface area contributed by atoms with Crippen LogP contribution in [0.25, 0.3) is 0 Å². The lowest BCUT2D eigenvalue weighted by molar-refractivity contribution is 0.430. The van der Waals surface area contributed by atoms with Crippen molar-refractivity contribution in [1.29, 1.82) is 0 Å². The molecule has 120 valence electrons. The highest BCUT2D eigenvalue weighted by molar-refractivity contribution is 6.70. The summed E-state index contributed by atoms with van der Waals surface area (Å²) in [5, 5.41) is 0. The third-order valence-electron chi connectivity index (χ3n) is 3.53. The van der Waals surface area contributed by atoms with E-state index in [1.165, 1.54) is 16.7 Å². The Morgan fingerprint density at radius 2 is 1.82 bits per heavy atom. The van der Waals surface area contributed by atoms with Crippen LogP contribution in [0.5, 0.6) is 0 Å². The quantitative estimate of drug-likeness (QED) is 0.238. The fraction of sp³-hybridized carbons (Fsp3) is 0.400. The van der Waals surface area contributed by atoms with Gasteiger partial charge in [0, 0.05) is 0 Å². The highest BCUT2D eigenvalue weighted by atomic mass is 28.4. The fourth-order valence-electron chi connectivity index (χ4n) is 2.41. The summed E-state index contributed by atoms with van der Waals surface area (Å²) in [5.74, 6) is 1.05. The second kappa shape index (κ2) is 8.79. The van der Waals surface area contributed by atoms with E-state index in [9.17, 15) is 0 Å². The van der Waals surface area contributed by atoms with Crippen molar-refractivity contribution in [3.8, 4) is 0 Å². The summed E-state index contributed by atoms with van der Waals surface area (Å²) >= 11 is 0. The van der Waals surface area contributed by atoms with E-state index >= 15 is 0 Å². The van der Waals surface area contributed by atoms with Gasteiger partial charge in [0.25, 0.3) is 0 Å². The second-order valence-corrected chi connectivity index (χ2v) is 11.0. The molecule has 0 aliphatic heterocycles. The van der Waals surface area contributed by atoms with E-state index < -0.39 is 8.32 Å². The number of aryl methyl sites for hydroxylation is 1. The Kier molecular flexibility index (Phi) is 7.40. The molecule has 1 aromatic rings. The Morgan fingerprint density at radius 3 is 2.32 bits per heavy atom. The monoisotopic (exact) mass is 314 g/mol. The smallest absolute Gasteiger partial charge is 0.242 e. The van der Waals surface area contributed by atoms with Crippen molar-refractivity contribution in [1.82, 2.24) is 0 Å². The van der Waals surface area contributed by atoms with Crippen LogP contribution in [0.4, 0.5) is 0 Å². The molecular formula is C20H30OSi. The van der Waals surface area contributed by atoms with Gasteiger partial charge in [-0.15, -0.1) is 6.58 Å². The first kappa shape index (κ1) is 18.5. The summed E-state index contributed by atoms with van der Waals surface area (Å²) in [6, 6.07) is 10.6. The molecule has 2 heteroatoms. The molecule has 0 amide bonds.